The van der Waals surface area contributed by atoms with E-state index in [0.29, 0.717) is 26.0 Å². The van der Waals surface area contributed by atoms with Gasteiger partial charge in [0.05, 0.1) is 18.9 Å². The van der Waals surface area contributed by atoms with E-state index in [4.69, 9.17) is 10.5 Å². The molecule has 0 fully saturated rings. The number of amides is 1. The molecule has 110 valence electrons. The fraction of sp³-hybridized carbons (Fsp3) is 0.786. The maximum absolute atomic E-state index is 11.4. The van der Waals surface area contributed by atoms with Crippen LogP contribution in [0.25, 0.3) is 0 Å². The van der Waals surface area contributed by atoms with Gasteiger partial charge in [-0.1, -0.05) is 20.3 Å². The van der Waals surface area contributed by atoms with E-state index in [1.807, 2.05) is 6.92 Å². The van der Waals surface area contributed by atoms with Crippen molar-refractivity contribution in [2.45, 2.75) is 46.5 Å². The second-order valence-corrected chi connectivity index (χ2v) is 4.60. The van der Waals surface area contributed by atoms with Gasteiger partial charge in [-0.25, -0.2) is 0 Å². The first-order chi connectivity index (χ1) is 9.04. The molecule has 1 amide bonds. The van der Waals surface area contributed by atoms with Crippen LogP contribution in [0.3, 0.4) is 0 Å². The highest BCUT2D eigenvalue weighted by Gasteiger charge is 2.14. The molecule has 1 unspecified atom stereocenters. The lowest BCUT2D eigenvalue weighted by molar-refractivity contribution is -0.144. The van der Waals surface area contributed by atoms with E-state index >= 15 is 0 Å². The maximum Gasteiger partial charge on any atom is 0.306 e. The number of nitrogens with zero attached hydrogens (tertiary/aromatic N) is 1. The smallest absolute Gasteiger partial charge is 0.306 e. The van der Waals surface area contributed by atoms with Gasteiger partial charge < -0.3 is 10.5 Å². The second kappa shape index (κ2) is 10.5. The minimum absolute atomic E-state index is 0.172. The van der Waals surface area contributed by atoms with E-state index in [0.717, 1.165) is 12.8 Å². The maximum atomic E-state index is 11.4. The fourth-order valence-electron chi connectivity index (χ4n) is 1.84. The third-order valence-corrected chi connectivity index (χ3v) is 2.91. The van der Waals surface area contributed by atoms with Crippen LogP contribution in [-0.2, 0) is 14.3 Å². The van der Waals surface area contributed by atoms with Crippen LogP contribution in [0.5, 0.6) is 0 Å². The Hall–Kier alpha value is -1.39. The Bertz CT molecular complexity index is 303. The molecule has 0 bridgehead atoms. The van der Waals surface area contributed by atoms with Gasteiger partial charge >= 0.3 is 5.97 Å². The third-order valence-electron chi connectivity index (χ3n) is 2.91. The number of aliphatic imine (C=N–C) groups is 1. The zero-order valence-electron chi connectivity index (χ0n) is 12.2. The molecule has 19 heavy (non-hydrogen) atoms. The SMILES string of the molecule is CCC[C@@H](C/N=C/C(CC)C(N)=O)CC(=O)OCC. The van der Waals surface area contributed by atoms with Gasteiger partial charge in [0.2, 0.25) is 5.91 Å². The van der Waals surface area contributed by atoms with Crippen molar-refractivity contribution in [3.63, 3.8) is 0 Å². The quantitative estimate of drug-likeness (QED) is 0.486. The predicted molar refractivity (Wildman–Crippen MR) is 76.0 cm³/mol. The summed E-state index contributed by atoms with van der Waals surface area (Å²) >= 11 is 0. The van der Waals surface area contributed by atoms with E-state index in [1.165, 1.54) is 0 Å². The van der Waals surface area contributed by atoms with Crippen LogP contribution in [0.2, 0.25) is 0 Å². The summed E-state index contributed by atoms with van der Waals surface area (Å²) in [4.78, 5) is 26.8. The molecule has 0 spiro atoms. The zero-order chi connectivity index (χ0) is 14.7. The average molecular weight is 270 g/mol. The summed E-state index contributed by atoms with van der Waals surface area (Å²) in [5.74, 6) is -0.683. The Morgan fingerprint density at radius 3 is 2.47 bits per heavy atom. The molecular formula is C14H26N2O3. The number of esters is 1. The Balaban J connectivity index is 4.30. The number of nitrogens with two attached hydrogens (primary N) is 1. The molecule has 0 aromatic heterocycles. The summed E-state index contributed by atoms with van der Waals surface area (Å²) in [6.07, 6.45) is 4.55. The number of hydrogen-bond donors (Lipinski definition) is 1. The van der Waals surface area contributed by atoms with Crippen molar-refractivity contribution in [3.8, 4) is 0 Å². The molecule has 0 aromatic carbocycles. The van der Waals surface area contributed by atoms with Gasteiger partial charge in [0, 0.05) is 12.8 Å². The number of carbonyl (C=O) groups is 2. The van der Waals surface area contributed by atoms with E-state index in [9.17, 15) is 9.59 Å². The minimum Gasteiger partial charge on any atom is -0.466 e. The van der Waals surface area contributed by atoms with Crippen molar-refractivity contribution >= 4 is 18.1 Å². The van der Waals surface area contributed by atoms with Crippen LogP contribution in [0.1, 0.15) is 46.5 Å². The highest BCUT2D eigenvalue weighted by molar-refractivity contribution is 5.92. The first-order valence-corrected chi connectivity index (χ1v) is 6.99. The summed E-state index contributed by atoms with van der Waals surface area (Å²) in [6, 6.07) is 0. The standard InChI is InChI=1S/C14H26N2O3/c1-4-7-11(8-13(17)19-6-3)9-16-10-12(5-2)14(15)18/h10-12H,4-9H2,1-3H3,(H2,15,18)/b16-10+/t11-,12?/m1/s1. The number of primary amides is 1. The highest BCUT2D eigenvalue weighted by Crippen LogP contribution is 2.13. The van der Waals surface area contributed by atoms with Crippen LogP contribution in [0, 0.1) is 11.8 Å². The van der Waals surface area contributed by atoms with Crippen LogP contribution < -0.4 is 5.73 Å². The van der Waals surface area contributed by atoms with Crippen LogP contribution in [0.4, 0.5) is 0 Å². The van der Waals surface area contributed by atoms with Gasteiger partial charge in [-0.05, 0) is 25.7 Å². The van der Waals surface area contributed by atoms with Gasteiger partial charge in [0.1, 0.15) is 0 Å². The summed E-state index contributed by atoms with van der Waals surface area (Å²) in [7, 11) is 0. The summed E-state index contributed by atoms with van der Waals surface area (Å²) in [5.41, 5.74) is 5.24. The molecule has 5 heteroatoms. The first-order valence-electron chi connectivity index (χ1n) is 6.99. The molecule has 0 aromatic rings. The highest BCUT2D eigenvalue weighted by atomic mass is 16.5. The van der Waals surface area contributed by atoms with Crippen LogP contribution in [-0.4, -0.2) is 31.2 Å². The molecule has 0 saturated carbocycles. The summed E-state index contributed by atoms with van der Waals surface area (Å²) in [6.45, 7) is 6.70. The number of carbonyl (C=O) groups excluding carboxylic acids is 2. The second-order valence-electron chi connectivity index (χ2n) is 4.60. The molecule has 0 heterocycles. The Kier molecular flexibility index (Phi) is 9.75. The van der Waals surface area contributed by atoms with Crippen molar-refractivity contribution in [1.82, 2.24) is 0 Å². The third kappa shape index (κ3) is 8.35. The fourth-order valence-corrected chi connectivity index (χ4v) is 1.84. The van der Waals surface area contributed by atoms with E-state index < -0.39 is 0 Å². The van der Waals surface area contributed by atoms with Crippen LogP contribution in [0.15, 0.2) is 4.99 Å². The lowest BCUT2D eigenvalue weighted by Gasteiger charge is -2.13. The zero-order valence-corrected chi connectivity index (χ0v) is 12.2. The van der Waals surface area contributed by atoms with Gasteiger partial charge in [-0.3, -0.25) is 14.6 Å². The van der Waals surface area contributed by atoms with Crippen molar-refractivity contribution in [3.05, 3.63) is 0 Å². The first kappa shape index (κ1) is 17.6. The van der Waals surface area contributed by atoms with Gasteiger partial charge in [0.25, 0.3) is 0 Å². The summed E-state index contributed by atoms with van der Waals surface area (Å²) < 4.78 is 4.94. The number of rotatable bonds is 10. The van der Waals surface area contributed by atoms with Gasteiger partial charge in [-0.2, -0.15) is 0 Å². The lowest BCUT2D eigenvalue weighted by atomic mass is 10.00. The molecule has 0 aliphatic carbocycles. The molecule has 2 atom stereocenters. The van der Waals surface area contributed by atoms with E-state index in [2.05, 4.69) is 11.9 Å². The minimum atomic E-state index is -0.358. The predicted octanol–water partition coefficient (Wildman–Crippen LogP) is 1.94. The Morgan fingerprint density at radius 2 is 2.00 bits per heavy atom. The number of ether oxygens (including phenoxy) is 1. The normalized spacial score (nSPS) is 14.3. The molecule has 0 rings (SSSR count). The van der Waals surface area contributed by atoms with Crippen molar-refractivity contribution in [2.75, 3.05) is 13.2 Å². The van der Waals surface area contributed by atoms with Crippen molar-refractivity contribution in [2.24, 2.45) is 22.6 Å². The lowest BCUT2D eigenvalue weighted by Crippen LogP contribution is -2.24. The largest absolute Gasteiger partial charge is 0.466 e. The van der Waals surface area contributed by atoms with Crippen LogP contribution >= 0.6 is 0 Å². The molecule has 0 aliphatic heterocycles. The topological polar surface area (TPSA) is 81.8 Å². The molecular weight excluding hydrogens is 244 g/mol. The average Bonchev–Trinajstić information content (AvgIpc) is 2.34. The van der Waals surface area contributed by atoms with Crippen molar-refractivity contribution < 1.29 is 14.3 Å². The Labute approximate surface area is 115 Å². The number of hydrogen-bond acceptors (Lipinski definition) is 4. The summed E-state index contributed by atoms with van der Waals surface area (Å²) in [5, 5.41) is 0. The van der Waals surface area contributed by atoms with E-state index in [-0.39, 0.29) is 23.7 Å². The van der Waals surface area contributed by atoms with Crippen molar-refractivity contribution in [1.29, 1.82) is 0 Å². The monoisotopic (exact) mass is 270 g/mol. The van der Waals surface area contributed by atoms with Gasteiger partial charge in [-0.15, -0.1) is 0 Å². The Morgan fingerprint density at radius 1 is 1.32 bits per heavy atom. The molecule has 2 N–H and O–H groups in total. The molecule has 0 saturated heterocycles. The van der Waals surface area contributed by atoms with Gasteiger partial charge in [0.15, 0.2) is 0 Å². The molecule has 5 nitrogen and oxygen atoms in total. The van der Waals surface area contributed by atoms with E-state index in [1.54, 1.807) is 13.1 Å². The molecule has 0 radical (unpaired) electrons. The molecule has 0 aliphatic rings.